The van der Waals surface area contributed by atoms with Gasteiger partial charge in [0.05, 0.1) is 20.1 Å². The van der Waals surface area contributed by atoms with Crippen molar-refractivity contribution in [3.63, 3.8) is 0 Å². The van der Waals surface area contributed by atoms with Crippen molar-refractivity contribution in [3.8, 4) is 11.5 Å². The van der Waals surface area contributed by atoms with Gasteiger partial charge in [0.1, 0.15) is 11.5 Å². The van der Waals surface area contributed by atoms with Crippen molar-refractivity contribution >= 4 is 11.9 Å². The summed E-state index contributed by atoms with van der Waals surface area (Å²) >= 11 is 0. The average Bonchev–Trinajstić information content (AvgIpc) is 2.85. The first kappa shape index (κ1) is 19.1. The zero-order valence-electron chi connectivity index (χ0n) is 14.9. The summed E-state index contributed by atoms with van der Waals surface area (Å²) < 4.78 is 10.5. The van der Waals surface area contributed by atoms with Crippen LogP contribution < -0.4 is 14.8 Å². The molecule has 6 nitrogen and oxygen atoms in total. The molecular formula is C19H27NO5. The molecule has 2 N–H and O–H groups in total. The van der Waals surface area contributed by atoms with Gasteiger partial charge in [-0.3, -0.25) is 9.59 Å². The minimum atomic E-state index is -0.818. The van der Waals surface area contributed by atoms with Gasteiger partial charge in [0, 0.05) is 12.5 Å². The number of aliphatic carboxylic acids is 1. The summed E-state index contributed by atoms with van der Waals surface area (Å²) in [7, 11) is 3.19. The van der Waals surface area contributed by atoms with Crippen LogP contribution >= 0.6 is 0 Å². The van der Waals surface area contributed by atoms with Gasteiger partial charge < -0.3 is 19.9 Å². The molecule has 1 aliphatic carbocycles. The highest BCUT2D eigenvalue weighted by Gasteiger charge is 2.30. The number of benzene rings is 1. The molecule has 1 aromatic rings. The molecule has 0 aromatic heterocycles. The van der Waals surface area contributed by atoms with E-state index in [1.165, 1.54) is 0 Å². The molecule has 0 saturated heterocycles. The van der Waals surface area contributed by atoms with Crippen LogP contribution in [-0.2, 0) is 16.0 Å². The maximum Gasteiger partial charge on any atom is 0.308 e. The molecule has 0 spiro atoms. The van der Waals surface area contributed by atoms with Gasteiger partial charge >= 0.3 is 5.97 Å². The van der Waals surface area contributed by atoms with E-state index in [-0.39, 0.29) is 18.4 Å². The summed E-state index contributed by atoms with van der Waals surface area (Å²) in [4.78, 5) is 23.8. The first-order valence-electron chi connectivity index (χ1n) is 8.78. The van der Waals surface area contributed by atoms with E-state index in [1.807, 2.05) is 18.2 Å². The highest BCUT2D eigenvalue weighted by molar-refractivity contribution is 5.78. The van der Waals surface area contributed by atoms with Crippen molar-refractivity contribution in [2.75, 3.05) is 14.2 Å². The Bertz CT molecular complexity index is 601. The molecule has 0 bridgehead atoms. The van der Waals surface area contributed by atoms with Gasteiger partial charge in [-0.05, 0) is 43.0 Å². The number of hydrogen-bond donors (Lipinski definition) is 2. The number of methoxy groups -OCH3 is 2. The molecule has 1 amide bonds. The molecule has 6 heteroatoms. The summed E-state index contributed by atoms with van der Waals surface area (Å²) in [6, 6.07) is 5.21. The summed E-state index contributed by atoms with van der Waals surface area (Å²) in [5, 5.41) is 12.3. The van der Waals surface area contributed by atoms with Crippen LogP contribution in [0.3, 0.4) is 0 Å². The highest BCUT2D eigenvalue weighted by Crippen LogP contribution is 2.26. The van der Waals surface area contributed by atoms with Crippen LogP contribution in [0, 0.1) is 5.92 Å². The Morgan fingerprint density at radius 2 is 1.92 bits per heavy atom. The van der Waals surface area contributed by atoms with Crippen LogP contribution in [0.15, 0.2) is 18.2 Å². The molecule has 25 heavy (non-hydrogen) atoms. The van der Waals surface area contributed by atoms with Crippen molar-refractivity contribution in [2.45, 2.75) is 51.0 Å². The van der Waals surface area contributed by atoms with Gasteiger partial charge in [-0.25, -0.2) is 0 Å². The van der Waals surface area contributed by atoms with E-state index in [2.05, 4.69) is 5.32 Å². The average molecular weight is 349 g/mol. The Kier molecular flexibility index (Phi) is 7.10. The van der Waals surface area contributed by atoms with E-state index >= 15 is 0 Å². The second-order valence-corrected chi connectivity index (χ2v) is 6.43. The number of nitrogens with one attached hydrogen (secondary N) is 1. The fourth-order valence-corrected chi connectivity index (χ4v) is 3.38. The van der Waals surface area contributed by atoms with Crippen LogP contribution in [0.2, 0.25) is 0 Å². The number of ether oxygens (including phenoxy) is 2. The Hall–Kier alpha value is -2.24. The van der Waals surface area contributed by atoms with Crippen molar-refractivity contribution in [1.82, 2.24) is 5.32 Å². The fraction of sp³-hybridized carbons (Fsp3) is 0.579. The number of aryl methyl sites for hydroxylation is 1. The van der Waals surface area contributed by atoms with Crippen LogP contribution in [0.25, 0.3) is 0 Å². The third-order valence-electron chi connectivity index (χ3n) is 4.79. The number of amides is 1. The second-order valence-electron chi connectivity index (χ2n) is 6.43. The minimum absolute atomic E-state index is 0.122. The van der Waals surface area contributed by atoms with Gasteiger partial charge in [-0.1, -0.05) is 19.3 Å². The van der Waals surface area contributed by atoms with E-state index in [4.69, 9.17) is 9.47 Å². The van der Waals surface area contributed by atoms with E-state index in [0.717, 1.165) is 31.2 Å². The number of carbonyl (C=O) groups is 2. The zero-order chi connectivity index (χ0) is 18.2. The molecule has 1 aromatic carbocycles. The first-order chi connectivity index (χ1) is 12.0. The van der Waals surface area contributed by atoms with Crippen molar-refractivity contribution in [1.29, 1.82) is 0 Å². The predicted molar refractivity (Wildman–Crippen MR) is 94.0 cm³/mol. The maximum atomic E-state index is 12.3. The minimum Gasteiger partial charge on any atom is -0.497 e. The van der Waals surface area contributed by atoms with Crippen molar-refractivity contribution in [3.05, 3.63) is 23.8 Å². The smallest absolute Gasteiger partial charge is 0.308 e. The maximum absolute atomic E-state index is 12.3. The Labute approximate surface area is 148 Å². The molecule has 138 valence electrons. The normalized spacial score (nSPS) is 20.4. The molecule has 2 atom stereocenters. The molecule has 2 rings (SSSR count). The molecule has 1 fully saturated rings. The van der Waals surface area contributed by atoms with Crippen LogP contribution in [0.5, 0.6) is 11.5 Å². The third-order valence-corrected chi connectivity index (χ3v) is 4.79. The Morgan fingerprint density at radius 1 is 1.16 bits per heavy atom. The van der Waals surface area contributed by atoms with Gasteiger partial charge in [-0.15, -0.1) is 0 Å². The van der Waals surface area contributed by atoms with Gasteiger partial charge in [0.25, 0.3) is 0 Å². The summed E-state index contributed by atoms with van der Waals surface area (Å²) in [6.45, 7) is 0. The van der Waals surface area contributed by atoms with E-state index in [1.54, 1.807) is 14.2 Å². The Morgan fingerprint density at radius 3 is 2.60 bits per heavy atom. The van der Waals surface area contributed by atoms with E-state index < -0.39 is 11.9 Å². The van der Waals surface area contributed by atoms with Gasteiger partial charge in [0.15, 0.2) is 0 Å². The topological polar surface area (TPSA) is 84.9 Å². The molecule has 0 unspecified atom stereocenters. The van der Waals surface area contributed by atoms with Gasteiger partial charge in [0.2, 0.25) is 5.91 Å². The molecule has 1 aliphatic rings. The van der Waals surface area contributed by atoms with Crippen LogP contribution in [-0.4, -0.2) is 37.2 Å². The number of carboxylic acid groups (broad SMARTS) is 1. The molecule has 1 saturated carbocycles. The SMILES string of the molecule is COc1ccc(OC)c(CCC(=O)N[C@H]2CCCCC[C@H]2C(=O)O)c1. The van der Waals surface area contributed by atoms with E-state index in [0.29, 0.717) is 24.3 Å². The monoisotopic (exact) mass is 349 g/mol. The molecule has 0 aliphatic heterocycles. The number of hydrogen-bond acceptors (Lipinski definition) is 4. The Balaban J connectivity index is 1.96. The first-order valence-corrected chi connectivity index (χ1v) is 8.78. The number of carbonyl (C=O) groups excluding carboxylic acids is 1. The molecule has 0 radical (unpaired) electrons. The van der Waals surface area contributed by atoms with Crippen LogP contribution in [0.4, 0.5) is 0 Å². The highest BCUT2D eigenvalue weighted by atomic mass is 16.5. The number of rotatable bonds is 7. The summed E-state index contributed by atoms with van der Waals surface area (Å²) in [5.74, 6) is -0.000102. The largest absolute Gasteiger partial charge is 0.497 e. The van der Waals surface area contributed by atoms with E-state index in [9.17, 15) is 14.7 Å². The third kappa shape index (κ3) is 5.37. The van der Waals surface area contributed by atoms with Crippen LogP contribution in [0.1, 0.15) is 44.1 Å². The predicted octanol–water partition coefficient (Wildman–Crippen LogP) is 2.79. The lowest BCUT2D eigenvalue weighted by molar-refractivity contribution is -0.143. The van der Waals surface area contributed by atoms with Crippen molar-refractivity contribution < 1.29 is 24.2 Å². The van der Waals surface area contributed by atoms with Gasteiger partial charge in [-0.2, -0.15) is 0 Å². The lowest BCUT2D eigenvalue weighted by Crippen LogP contribution is -2.42. The fourth-order valence-electron chi connectivity index (χ4n) is 3.38. The molecule has 0 heterocycles. The standard InChI is InChI=1S/C19H27NO5/c1-24-14-9-10-17(25-2)13(12-14)8-11-18(21)20-16-7-5-3-4-6-15(16)19(22)23/h9-10,12,15-16H,3-8,11H2,1-2H3,(H,20,21)(H,22,23)/t15-,16+/m1/s1. The second kappa shape index (κ2) is 9.30. The summed E-state index contributed by atoms with van der Waals surface area (Å²) in [5.41, 5.74) is 0.896. The summed E-state index contributed by atoms with van der Waals surface area (Å²) in [6.07, 6.45) is 5.04. The van der Waals surface area contributed by atoms with Crippen molar-refractivity contribution in [2.24, 2.45) is 5.92 Å². The quantitative estimate of drug-likeness (QED) is 0.740. The molecular weight excluding hydrogens is 322 g/mol. The zero-order valence-corrected chi connectivity index (χ0v) is 14.9. The lowest BCUT2D eigenvalue weighted by atomic mass is 9.94. The lowest BCUT2D eigenvalue weighted by Gasteiger charge is -2.23. The number of carboxylic acids is 1.